The predicted molar refractivity (Wildman–Crippen MR) is 76.6 cm³/mol. The first-order chi connectivity index (χ1) is 9.08. The Morgan fingerprint density at radius 1 is 1.25 bits per heavy atom. The molecule has 0 aliphatic carbocycles. The predicted octanol–water partition coefficient (Wildman–Crippen LogP) is 1.40. The Hall–Kier alpha value is -1.21. The third-order valence-corrected chi connectivity index (χ3v) is 5.65. The topological polar surface area (TPSA) is 77.5 Å². The van der Waals surface area contributed by atoms with Crippen LogP contribution in [0.15, 0.2) is 34.1 Å². The molecule has 1 atom stereocenters. The van der Waals surface area contributed by atoms with Crippen molar-refractivity contribution in [2.24, 2.45) is 5.41 Å². The van der Waals surface area contributed by atoms with E-state index in [2.05, 4.69) is 4.74 Å². The maximum absolute atomic E-state index is 12.2. The van der Waals surface area contributed by atoms with Gasteiger partial charge in [0.2, 0.25) is 0 Å². The Morgan fingerprint density at radius 3 is 2.15 bits per heavy atom. The molecule has 0 N–H and O–H groups in total. The molecule has 0 saturated heterocycles. The quantitative estimate of drug-likeness (QED) is 0.767. The number of sulfone groups is 1. The van der Waals surface area contributed by atoms with E-state index in [1.54, 1.807) is 13.8 Å². The van der Waals surface area contributed by atoms with Gasteiger partial charge in [0.05, 0.1) is 28.2 Å². The van der Waals surface area contributed by atoms with Crippen LogP contribution in [0.2, 0.25) is 0 Å². The molecule has 0 aromatic heterocycles. The zero-order valence-electron chi connectivity index (χ0n) is 11.9. The van der Waals surface area contributed by atoms with Crippen molar-refractivity contribution < 1.29 is 22.2 Å². The van der Waals surface area contributed by atoms with E-state index in [1.807, 2.05) is 0 Å². The summed E-state index contributed by atoms with van der Waals surface area (Å²) in [7, 11) is -3.39. The van der Waals surface area contributed by atoms with Gasteiger partial charge in [0, 0.05) is 16.9 Å². The van der Waals surface area contributed by atoms with Crippen LogP contribution < -0.4 is 0 Å². The van der Waals surface area contributed by atoms with Crippen molar-refractivity contribution in [3.63, 3.8) is 0 Å². The molecule has 0 bridgehead atoms. The number of benzene rings is 1. The van der Waals surface area contributed by atoms with Crippen molar-refractivity contribution >= 4 is 26.6 Å². The molecule has 0 aliphatic rings. The number of carbonyl (C=O) groups is 1. The summed E-state index contributed by atoms with van der Waals surface area (Å²) in [6.45, 7) is 3.31. The highest BCUT2D eigenvalue weighted by Crippen LogP contribution is 2.22. The number of rotatable bonds is 5. The van der Waals surface area contributed by atoms with Gasteiger partial charge in [0.1, 0.15) is 0 Å². The number of ether oxygens (including phenoxy) is 1. The maximum Gasteiger partial charge on any atom is 0.312 e. The van der Waals surface area contributed by atoms with E-state index in [9.17, 15) is 17.4 Å². The van der Waals surface area contributed by atoms with Crippen LogP contribution in [-0.4, -0.2) is 37.7 Å². The third kappa shape index (κ3) is 4.14. The molecule has 0 aliphatic heterocycles. The fourth-order valence-corrected chi connectivity index (χ4v) is 3.60. The lowest BCUT2D eigenvalue weighted by molar-refractivity contribution is -0.149. The molecule has 0 fully saturated rings. The van der Waals surface area contributed by atoms with E-state index in [0.29, 0.717) is 4.90 Å². The van der Waals surface area contributed by atoms with E-state index in [-0.39, 0.29) is 10.6 Å². The van der Waals surface area contributed by atoms with Crippen LogP contribution in [0, 0.1) is 5.41 Å². The average molecular weight is 318 g/mol. The van der Waals surface area contributed by atoms with E-state index >= 15 is 0 Å². The van der Waals surface area contributed by atoms with Crippen molar-refractivity contribution in [2.45, 2.75) is 23.6 Å². The molecule has 1 aromatic rings. The average Bonchev–Trinajstić information content (AvgIpc) is 2.36. The normalized spacial score (nSPS) is 13.8. The Morgan fingerprint density at radius 2 is 1.75 bits per heavy atom. The molecule has 7 heteroatoms. The van der Waals surface area contributed by atoms with Crippen LogP contribution in [0.3, 0.4) is 0 Å². The SMILES string of the molecule is COC(=O)C(C)(C)CS(=O)c1ccc(S(C)(=O)=O)cc1. The highest BCUT2D eigenvalue weighted by molar-refractivity contribution is 7.90. The van der Waals surface area contributed by atoms with Crippen LogP contribution in [0.4, 0.5) is 0 Å². The Bertz CT molecular complexity index is 615. The fourth-order valence-electron chi connectivity index (χ4n) is 1.58. The third-order valence-electron chi connectivity index (χ3n) is 2.74. The van der Waals surface area contributed by atoms with Gasteiger partial charge in [0.15, 0.2) is 9.84 Å². The molecule has 0 amide bonds. The minimum Gasteiger partial charge on any atom is -0.469 e. The number of hydrogen-bond donors (Lipinski definition) is 0. The molecule has 1 aromatic carbocycles. The monoisotopic (exact) mass is 318 g/mol. The molecule has 1 rings (SSSR count). The first-order valence-electron chi connectivity index (χ1n) is 5.85. The van der Waals surface area contributed by atoms with Gasteiger partial charge in [-0.25, -0.2) is 8.42 Å². The van der Waals surface area contributed by atoms with Gasteiger partial charge in [-0.1, -0.05) is 0 Å². The Labute approximate surface area is 121 Å². The number of carbonyl (C=O) groups excluding carboxylic acids is 1. The van der Waals surface area contributed by atoms with E-state index in [0.717, 1.165) is 6.26 Å². The second kappa shape index (κ2) is 6.05. The standard InChI is InChI=1S/C13H18O5S2/c1-13(2,12(14)18-3)9-19(15)10-5-7-11(8-6-10)20(4,16)17/h5-8H,9H2,1-4H3. The fraction of sp³-hybridized carbons (Fsp3) is 0.462. The lowest BCUT2D eigenvalue weighted by atomic mass is 9.97. The zero-order chi connectivity index (χ0) is 15.6. The molecular weight excluding hydrogens is 300 g/mol. The van der Waals surface area contributed by atoms with E-state index < -0.39 is 32.0 Å². The molecular formula is C13H18O5S2. The lowest BCUT2D eigenvalue weighted by Crippen LogP contribution is -2.31. The van der Waals surface area contributed by atoms with Crippen LogP contribution in [0.5, 0.6) is 0 Å². The molecule has 112 valence electrons. The van der Waals surface area contributed by atoms with Gasteiger partial charge in [-0.3, -0.25) is 9.00 Å². The summed E-state index contributed by atoms with van der Waals surface area (Å²) in [5.74, 6) is -0.323. The van der Waals surface area contributed by atoms with Gasteiger partial charge in [-0.2, -0.15) is 0 Å². The van der Waals surface area contributed by atoms with Crippen LogP contribution >= 0.6 is 0 Å². The van der Waals surface area contributed by atoms with Crippen molar-refractivity contribution in [2.75, 3.05) is 19.1 Å². The highest BCUT2D eigenvalue weighted by Gasteiger charge is 2.31. The minimum absolute atomic E-state index is 0.109. The lowest BCUT2D eigenvalue weighted by Gasteiger charge is -2.20. The van der Waals surface area contributed by atoms with Crippen molar-refractivity contribution in [1.82, 2.24) is 0 Å². The van der Waals surface area contributed by atoms with Gasteiger partial charge in [-0.05, 0) is 38.1 Å². The second-order valence-corrected chi connectivity index (χ2v) is 8.58. The van der Waals surface area contributed by atoms with E-state index in [4.69, 9.17) is 0 Å². The Balaban J connectivity index is 2.92. The molecule has 0 saturated carbocycles. The second-order valence-electron chi connectivity index (χ2n) is 5.11. The molecule has 20 heavy (non-hydrogen) atoms. The molecule has 0 spiro atoms. The van der Waals surface area contributed by atoms with Gasteiger partial charge in [0.25, 0.3) is 0 Å². The Kier molecular flexibility index (Phi) is 5.10. The summed E-state index contributed by atoms with van der Waals surface area (Å²) in [5, 5.41) is 0. The van der Waals surface area contributed by atoms with Crippen LogP contribution in [-0.2, 0) is 30.2 Å². The molecule has 1 unspecified atom stereocenters. The smallest absolute Gasteiger partial charge is 0.312 e. The summed E-state index contributed by atoms with van der Waals surface area (Å²) >= 11 is 0. The highest BCUT2D eigenvalue weighted by atomic mass is 32.2. The number of methoxy groups -OCH3 is 1. The molecule has 5 nitrogen and oxygen atoms in total. The van der Waals surface area contributed by atoms with Crippen molar-refractivity contribution in [3.05, 3.63) is 24.3 Å². The van der Waals surface area contributed by atoms with Crippen molar-refractivity contribution in [1.29, 1.82) is 0 Å². The molecule has 0 heterocycles. The largest absolute Gasteiger partial charge is 0.469 e. The first-order valence-corrected chi connectivity index (χ1v) is 9.06. The number of hydrogen-bond acceptors (Lipinski definition) is 5. The summed E-state index contributed by atoms with van der Waals surface area (Å²) in [5.41, 5.74) is -0.866. The maximum atomic E-state index is 12.2. The first kappa shape index (κ1) is 16.8. The number of esters is 1. The summed E-state index contributed by atoms with van der Waals surface area (Å²) in [6, 6.07) is 5.82. The summed E-state index contributed by atoms with van der Waals surface area (Å²) in [4.78, 5) is 12.2. The van der Waals surface area contributed by atoms with Crippen molar-refractivity contribution in [3.8, 4) is 0 Å². The van der Waals surface area contributed by atoms with Gasteiger partial charge >= 0.3 is 5.97 Å². The van der Waals surface area contributed by atoms with Gasteiger partial charge < -0.3 is 4.74 Å². The van der Waals surface area contributed by atoms with Crippen LogP contribution in [0.1, 0.15) is 13.8 Å². The zero-order valence-corrected chi connectivity index (χ0v) is 13.5. The van der Waals surface area contributed by atoms with Crippen LogP contribution in [0.25, 0.3) is 0 Å². The minimum atomic E-state index is -3.27. The molecule has 0 radical (unpaired) electrons. The summed E-state index contributed by atoms with van der Waals surface area (Å²) in [6.07, 6.45) is 1.11. The summed E-state index contributed by atoms with van der Waals surface area (Å²) < 4.78 is 39.5. The van der Waals surface area contributed by atoms with Gasteiger partial charge in [-0.15, -0.1) is 0 Å². The van der Waals surface area contributed by atoms with E-state index in [1.165, 1.54) is 31.4 Å².